The fourth-order valence-electron chi connectivity index (χ4n) is 3.56. The van der Waals surface area contributed by atoms with Gasteiger partial charge in [0.25, 0.3) is 0 Å². The van der Waals surface area contributed by atoms with Crippen molar-refractivity contribution in [1.82, 2.24) is 4.72 Å². The van der Waals surface area contributed by atoms with Gasteiger partial charge in [0.05, 0.1) is 13.7 Å². The van der Waals surface area contributed by atoms with Gasteiger partial charge in [-0.25, -0.2) is 0 Å². The third-order valence-electron chi connectivity index (χ3n) is 7.04. The SMILES string of the molecule is COC(=O)CC(=O)CC(N[S+]([O-])C(C)(C)C)(c1ccc(OCCCO[Si](C)(C)C(C)(C)C)cc1)c1ccsc1. The number of thiophene rings is 1. The molecule has 0 bridgehead atoms. The van der Waals surface area contributed by atoms with Crippen molar-refractivity contribution >= 4 is 42.8 Å². The second-order valence-corrected chi connectivity index (χ2v) is 19.8. The molecule has 1 heterocycles. The standard InChI is InChI=1S/C29H45NO6S2Si/c1-27(2,3)38(33)30-29(23-15-18-37-21-23,20-24(31)19-26(32)34-7)22-11-13-25(14-12-22)35-16-10-17-36-39(8,9)28(4,5)6/h11-15,18,21,30H,10,16-17,19-20H2,1-9H3. The van der Waals surface area contributed by atoms with Crippen LogP contribution in [0.5, 0.6) is 5.75 Å². The van der Waals surface area contributed by atoms with Crippen LogP contribution in [0.15, 0.2) is 41.1 Å². The van der Waals surface area contributed by atoms with Gasteiger partial charge in [0.1, 0.15) is 28.2 Å². The molecule has 0 aliphatic rings. The van der Waals surface area contributed by atoms with E-state index in [1.54, 1.807) is 0 Å². The van der Waals surface area contributed by atoms with Crippen molar-refractivity contribution in [3.63, 3.8) is 0 Å². The predicted molar refractivity (Wildman–Crippen MR) is 162 cm³/mol. The highest BCUT2D eigenvalue weighted by atomic mass is 32.2. The number of carbonyl (C=O) groups excluding carboxylic acids is 2. The van der Waals surface area contributed by atoms with Gasteiger partial charge >= 0.3 is 5.97 Å². The highest BCUT2D eigenvalue weighted by Crippen LogP contribution is 2.39. The number of methoxy groups -OCH3 is 1. The van der Waals surface area contributed by atoms with Gasteiger partial charge in [-0.2, -0.15) is 11.3 Å². The molecule has 2 aromatic rings. The van der Waals surface area contributed by atoms with Gasteiger partial charge < -0.3 is 18.5 Å². The quantitative estimate of drug-likeness (QED) is 0.0893. The van der Waals surface area contributed by atoms with Gasteiger partial charge in [0, 0.05) is 30.8 Å². The topological polar surface area (TPSA) is 96.9 Å². The highest BCUT2D eigenvalue weighted by molar-refractivity contribution is 7.90. The second kappa shape index (κ2) is 13.8. The van der Waals surface area contributed by atoms with E-state index in [2.05, 4.69) is 38.6 Å². The number of carbonyl (C=O) groups is 2. The summed E-state index contributed by atoms with van der Waals surface area (Å²) in [5.74, 6) is -0.214. The molecule has 1 N–H and O–H groups in total. The summed E-state index contributed by atoms with van der Waals surface area (Å²) in [6.45, 7) is 17.9. The van der Waals surface area contributed by atoms with Crippen molar-refractivity contribution in [2.24, 2.45) is 0 Å². The third kappa shape index (κ3) is 9.43. The summed E-state index contributed by atoms with van der Waals surface area (Å²) >= 11 is -0.0175. The molecule has 2 rings (SSSR count). The first-order valence-corrected chi connectivity index (χ1v) is 18.2. The molecule has 0 aliphatic heterocycles. The maximum Gasteiger partial charge on any atom is 0.313 e. The Balaban J connectivity index is 2.27. The molecule has 7 nitrogen and oxygen atoms in total. The van der Waals surface area contributed by atoms with E-state index in [1.165, 1.54) is 18.4 Å². The molecule has 218 valence electrons. The first-order valence-electron chi connectivity index (χ1n) is 13.2. The van der Waals surface area contributed by atoms with Crippen LogP contribution in [0.3, 0.4) is 0 Å². The fourth-order valence-corrected chi connectivity index (χ4v) is 6.31. The molecule has 2 atom stereocenters. The van der Waals surface area contributed by atoms with Crippen molar-refractivity contribution in [2.45, 2.75) is 89.2 Å². The van der Waals surface area contributed by atoms with Crippen LogP contribution in [0.2, 0.25) is 18.1 Å². The zero-order valence-corrected chi connectivity index (χ0v) is 27.5. The minimum Gasteiger partial charge on any atom is -0.598 e. The summed E-state index contributed by atoms with van der Waals surface area (Å²) in [6, 6.07) is 9.40. The molecular formula is C29H45NO6S2Si. The van der Waals surface area contributed by atoms with Gasteiger partial charge in [0.15, 0.2) is 8.32 Å². The number of ketones is 1. The fraction of sp³-hybridized carbons (Fsp3) is 0.586. The van der Waals surface area contributed by atoms with Gasteiger partial charge in [-0.3, -0.25) is 9.59 Å². The molecule has 1 aromatic carbocycles. The van der Waals surface area contributed by atoms with Crippen LogP contribution < -0.4 is 9.46 Å². The van der Waals surface area contributed by atoms with Crippen molar-refractivity contribution in [2.75, 3.05) is 20.3 Å². The number of Topliss-reactive ketones (excluding diaryl/α,β-unsaturated/α-hetero) is 1. The molecule has 0 radical (unpaired) electrons. The summed E-state index contributed by atoms with van der Waals surface area (Å²) in [4.78, 5) is 24.9. The van der Waals surface area contributed by atoms with E-state index in [9.17, 15) is 14.1 Å². The van der Waals surface area contributed by atoms with E-state index in [1.807, 2.05) is 61.9 Å². The second-order valence-electron chi connectivity index (χ2n) is 12.2. The Morgan fingerprint density at radius 2 is 1.64 bits per heavy atom. The molecule has 2 unspecified atom stereocenters. The van der Waals surface area contributed by atoms with Crippen molar-refractivity contribution in [3.05, 3.63) is 52.2 Å². The van der Waals surface area contributed by atoms with E-state index in [-0.39, 0.29) is 23.7 Å². The van der Waals surface area contributed by atoms with Crippen LogP contribution >= 0.6 is 11.3 Å². The summed E-state index contributed by atoms with van der Waals surface area (Å²) in [5, 5.41) is 4.02. The number of hydrogen-bond donors (Lipinski definition) is 1. The smallest absolute Gasteiger partial charge is 0.313 e. The predicted octanol–water partition coefficient (Wildman–Crippen LogP) is 6.36. The molecule has 0 saturated carbocycles. The highest BCUT2D eigenvalue weighted by Gasteiger charge is 2.44. The lowest BCUT2D eigenvalue weighted by atomic mass is 9.80. The first kappa shape index (κ1) is 33.5. The van der Waals surface area contributed by atoms with Crippen molar-refractivity contribution in [3.8, 4) is 5.75 Å². The third-order valence-corrected chi connectivity index (χ3v) is 13.9. The normalized spacial score (nSPS) is 14.9. The number of nitrogens with one attached hydrogen (secondary N) is 1. The average Bonchev–Trinajstić information content (AvgIpc) is 3.38. The van der Waals surface area contributed by atoms with Crippen LogP contribution in [-0.4, -0.2) is 49.7 Å². The van der Waals surface area contributed by atoms with E-state index < -0.39 is 35.9 Å². The van der Waals surface area contributed by atoms with Crippen molar-refractivity contribution in [1.29, 1.82) is 0 Å². The Morgan fingerprint density at radius 1 is 1.00 bits per heavy atom. The monoisotopic (exact) mass is 595 g/mol. The lowest BCUT2D eigenvalue weighted by molar-refractivity contribution is -0.143. The Bertz CT molecular complexity index is 1060. The number of benzene rings is 1. The van der Waals surface area contributed by atoms with Crippen LogP contribution in [-0.2, 0) is 35.7 Å². The molecule has 0 spiro atoms. The molecule has 0 amide bonds. The molecule has 0 aliphatic carbocycles. The van der Waals surface area contributed by atoms with Gasteiger partial charge in [0.2, 0.25) is 0 Å². The minimum absolute atomic E-state index is 0.0638. The summed E-state index contributed by atoms with van der Waals surface area (Å²) in [7, 11) is -0.529. The zero-order valence-electron chi connectivity index (χ0n) is 24.8. The van der Waals surface area contributed by atoms with Crippen molar-refractivity contribution < 1.29 is 28.0 Å². The number of hydrogen-bond acceptors (Lipinski definition) is 8. The summed E-state index contributed by atoms with van der Waals surface area (Å²) < 4.78 is 33.0. The minimum atomic E-state index is -1.79. The number of ether oxygens (including phenoxy) is 2. The van der Waals surface area contributed by atoms with Crippen LogP contribution in [0.25, 0.3) is 0 Å². The lowest BCUT2D eigenvalue weighted by Crippen LogP contribution is -2.53. The van der Waals surface area contributed by atoms with E-state index in [0.717, 1.165) is 17.5 Å². The average molecular weight is 596 g/mol. The van der Waals surface area contributed by atoms with Crippen LogP contribution in [0.1, 0.15) is 71.9 Å². The molecule has 0 saturated heterocycles. The largest absolute Gasteiger partial charge is 0.598 e. The molecule has 0 fully saturated rings. The number of esters is 1. The van der Waals surface area contributed by atoms with Gasteiger partial charge in [-0.15, -0.1) is 4.72 Å². The summed E-state index contributed by atoms with van der Waals surface area (Å²) in [5.41, 5.74) is 0.462. The number of rotatable bonds is 14. The van der Waals surface area contributed by atoms with Gasteiger partial charge in [-0.1, -0.05) is 32.9 Å². The van der Waals surface area contributed by atoms with Gasteiger partial charge in [-0.05, 0) is 79.0 Å². The van der Waals surface area contributed by atoms with Crippen LogP contribution in [0.4, 0.5) is 0 Å². The van der Waals surface area contributed by atoms with E-state index in [0.29, 0.717) is 19.0 Å². The van der Waals surface area contributed by atoms with E-state index in [4.69, 9.17) is 13.9 Å². The maximum atomic E-state index is 13.4. The Hall–Kier alpha value is -1.69. The molecule has 39 heavy (non-hydrogen) atoms. The molecule has 1 aromatic heterocycles. The van der Waals surface area contributed by atoms with Crippen LogP contribution in [0, 0.1) is 0 Å². The lowest BCUT2D eigenvalue weighted by Gasteiger charge is -2.37. The Morgan fingerprint density at radius 3 is 2.15 bits per heavy atom. The molecule has 10 heteroatoms. The zero-order chi connectivity index (χ0) is 29.5. The molecular weight excluding hydrogens is 551 g/mol. The maximum absolute atomic E-state index is 13.4. The Labute approximate surface area is 242 Å². The van der Waals surface area contributed by atoms with E-state index >= 15 is 0 Å². The first-order chi connectivity index (χ1) is 18.0. The Kier molecular flexibility index (Phi) is 11.8. The summed E-state index contributed by atoms with van der Waals surface area (Å²) in [6.07, 6.45) is 0.358.